The molecule has 1 aromatic carbocycles. The Hall–Kier alpha value is -2.15. The van der Waals surface area contributed by atoms with Crippen LogP contribution in [-0.4, -0.2) is 53.6 Å². The van der Waals surface area contributed by atoms with Gasteiger partial charge in [0.25, 0.3) is 5.91 Å². The number of hydrogen-bond donors (Lipinski definition) is 0. The van der Waals surface area contributed by atoms with Crippen LogP contribution in [0.3, 0.4) is 0 Å². The fourth-order valence-corrected chi connectivity index (χ4v) is 5.99. The summed E-state index contributed by atoms with van der Waals surface area (Å²) in [5, 5.41) is 4.65. The van der Waals surface area contributed by atoms with E-state index in [0.717, 1.165) is 55.6 Å². The van der Waals surface area contributed by atoms with E-state index < -0.39 is 9.84 Å². The standard InChI is InChI=1S/C22H29N3O3S/c1-16-7-8-18(13-17(16)2)21-14-20(22(26)24-10-5-3-4-6-11-24)23-25(21)19-9-12-29(27,28)15-19/h7-8,13-14,19H,3-6,9-12,15H2,1-2H3/t19-/m0/s1. The molecule has 4 rings (SSSR count). The number of benzene rings is 1. The van der Waals surface area contributed by atoms with Gasteiger partial charge in [-0.1, -0.05) is 25.0 Å². The Balaban J connectivity index is 1.74. The van der Waals surface area contributed by atoms with E-state index in [1.54, 1.807) is 4.68 Å². The zero-order valence-corrected chi connectivity index (χ0v) is 18.0. The number of aromatic nitrogens is 2. The number of nitrogens with zero attached hydrogens (tertiary/aromatic N) is 3. The lowest BCUT2D eigenvalue weighted by Crippen LogP contribution is -2.32. The third-order valence-electron chi connectivity index (χ3n) is 6.21. The van der Waals surface area contributed by atoms with Crippen LogP contribution in [0.5, 0.6) is 0 Å². The molecule has 7 heteroatoms. The van der Waals surface area contributed by atoms with Gasteiger partial charge in [0, 0.05) is 18.7 Å². The van der Waals surface area contributed by atoms with Gasteiger partial charge in [0.2, 0.25) is 0 Å². The summed E-state index contributed by atoms with van der Waals surface area (Å²) in [4.78, 5) is 15.0. The number of carbonyl (C=O) groups excluding carboxylic acids is 1. The second kappa shape index (κ2) is 7.94. The number of likely N-dealkylation sites (tertiary alicyclic amines) is 1. The first-order valence-corrected chi connectivity index (χ1v) is 12.3. The minimum absolute atomic E-state index is 0.0448. The number of aryl methyl sites for hydroxylation is 2. The molecule has 3 heterocycles. The van der Waals surface area contributed by atoms with Crippen molar-refractivity contribution >= 4 is 15.7 Å². The van der Waals surface area contributed by atoms with E-state index in [2.05, 4.69) is 31.1 Å². The number of sulfone groups is 1. The highest BCUT2D eigenvalue weighted by atomic mass is 32.2. The summed E-state index contributed by atoms with van der Waals surface area (Å²) in [5.41, 5.74) is 4.58. The van der Waals surface area contributed by atoms with Crippen molar-refractivity contribution in [3.05, 3.63) is 41.1 Å². The summed E-state index contributed by atoms with van der Waals surface area (Å²) in [6.07, 6.45) is 4.91. The van der Waals surface area contributed by atoms with Gasteiger partial charge in [-0.25, -0.2) is 8.42 Å². The smallest absolute Gasteiger partial charge is 0.274 e. The lowest BCUT2D eigenvalue weighted by atomic mass is 10.0. The van der Waals surface area contributed by atoms with Crippen LogP contribution in [0.2, 0.25) is 0 Å². The van der Waals surface area contributed by atoms with E-state index >= 15 is 0 Å². The maximum Gasteiger partial charge on any atom is 0.274 e. The molecular formula is C22H29N3O3S. The second-order valence-corrected chi connectivity index (χ2v) is 10.7. The molecule has 2 fully saturated rings. The van der Waals surface area contributed by atoms with Crippen LogP contribution in [0, 0.1) is 13.8 Å². The third kappa shape index (κ3) is 4.25. The first-order chi connectivity index (χ1) is 13.8. The Morgan fingerprint density at radius 3 is 2.38 bits per heavy atom. The van der Waals surface area contributed by atoms with E-state index in [-0.39, 0.29) is 23.5 Å². The summed E-state index contributed by atoms with van der Waals surface area (Å²) < 4.78 is 25.9. The molecule has 0 N–H and O–H groups in total. The summed E-state index contributed by atoms with van der Waals surface area (Å²) in [5.74, 6) is 0.222. The summed E-state index contributed by atoms with van der Waals surface area (Å²) in [6.45, 7) is 5.65. The zero-order valence-electron chi connectivity index (χ0n) is 17.2. The van der Waals surface area contributed by atoms with Crippen molar-refractivity contribution in [2.45, 2.75) is 52.0 Å². The molecule has 1 amide bonds. The largest absolute Gasteiger partial charge is 0.337 e. The molecule has 0 unspecified atom stereocenters. The number of carbonyl (C=O) groups is 1. The molecular weight excluding hydrogens is 386 g/mol. The molecule has 0 spiro atoms. The van der Waals surface area contributed by atoms with Gasteiger partial charge in [-0.15, -0.1) is 0 Å². The highest BCUT2D eigenvalue weighted by Gasteiger charge is 2.32. The molecule has 0 radical (unpaired) electrons. The Bertz CT molecular complexity index is 1020. The van der Waals surface area contributed by atoms with Crippen molar-refractivity contribution in [3.63, 3.8) is 0 Å². The molecule has 2 saturated heterocycles. The van der Waals surface area contributed by atoms with Gasteiger partial charge in [0.1, 0.15) is 0 Å². The Morgan fingerprint density at radius 1 is 1.03 bits per heavy atom. The molecule has 6 nitrogen and oxygen atoms in total. The van der Waals surface area contributed by atoms with E-state index in [0.29, 0.717) is 12.1 Å². The minimum atomic E-state index is -3.05. The Morgan fingerprint density at radius 2 is 1.76 bits per heavy atom. The van der Waals surface area contributed by atoms with Crippen molar-refractivity contribution in [1.82, 2.24) is 14.7 Å². The molecule has 29 heavy (non-hydrogen) atoms. The van der Waals surface area contributed by atoms with Gasteiger partial charge >= 0.3 is 0 Å². The van der Waals surface area contributed by atoms with Crippen molar-refractivity contribution < 1.29 is 13.2 Å². The lowest BCUT2D eigenvalue weighted by Gasteiger charge is -2.18. The first kappa shape index (κ1) is 20.1. The monoisotopic (exact) mass is 415 g/mol. The summed E-state index contributed by atoms with van der Waals surface area (Å²) in [6, 6.07) is 7.81. The molecule has 2 aromatic rings. The Kier molecular flexibility index (Phi) is 5.51. The molecule has 0 bridgehead atoms. The maximum absolute atomic E-state index is 13.1. The number of rotatable bonds is 3. The topological polar surface area (TPSA) is 72.3 Å². The van der Waals surface area contributed by atoms with Crippen LogP contribution in [0.1, 0.15) is 59.8 Å². The number of amides is 1. The van der Waals surface area contributed by atoms with Gasteiger partial charge in [0.15, 0.2) is 15.5 Å². The van der Waals surface area contributed by atoms with E-state index in [1.807, 2.05) is 17.0 Å². The molecule has 156 valence electrons. The highest BCUT2D eigenvalue weighted by molar-refractivity contribution is 7.91. The van der Waals surface area contributed by atoms with Crippen LogP contribution < -0.4 is 0 Å². The lowest BCUT2D eigenvalue weighted by molar-refractivity contribution is 0.0754. The quantitative estimate of drug-likeness (QED) is 0.769. The van der Waals surface area contributed by atoms with Crippen LogP contribution in [0.25, 0.3) is 11.3 Å². The first-order valence-electron chi connectivity index (χ1n) is 10.5. The van der Waals surface area contributed by atoms with E-state index in [4.69, 9.17) is 0 Å². The fraction of sp³-hybridized carbons (Fsp3) is 0.545. The van der Waals surface area contributed by atoms with Crippen LogP contribution in [-0.2, 0) is 9.84 Å². The van der Waals surface area contributed by atoms with Crippen LogP contribution in [0.15, 0.2) is 24.3 Å². The second-order valence-electron chi connectivity index (χ2n) is 8.42. The van der Waals surface area contributed by atoms with Crippen molar-refractivity contribution in [2.24, 2.45) is 0 Å². The Labute approximate surface area is 172 Å². The predicted octanol–water partition coefficient (Wildman–Crippen LogP) is 3.54. The highest BCUT2D eigenvalue weighted by Crippen LogP contribution is 2.31. The zero-order chi connectivity index (χ0) is 20.6. The van der Waals surface area contributed by atoms with Crippen LogP contribution >= 0.6 is 0 Å². The average Bonchev–Trinajstić information content (AvgIpc) is 3.16. The molecule has 1 atom stereocenters. The van der Waals surface area contributed by atoms with Gasteiger partial charge in [-0.2, -0.15) is 5.10 Å². The minimum Gasteiger partial charge on any atom is -0.337 e. The third-order valence-corrected chi connectivity index (χ3v) is 7.96. The normalized spacial score (nSPS) is 21.9. The van der Waals surface area contributed by atoms with Crippen molar-refractivity contribution in [3.8, 4) is 11.3 Å². The van der Waals surface area contributed by atoms with Crippen molar-refractivity contribution in [2.75, 3.05) is 24.6 Å². The average molecular weight is 416 g/mol. The van der Waals surface area contributed by atoms with Gasteiger partial charge in [0.05, 0.1) is 23.2 Å². The van der Waals surface area contributed by atoms with Gasteiger partial charge < -0.3 is 4.90 Å². The fourth-order valence-electron chi connectivity index (χ4n) is 4.30. The molecule has 2 aliphatic rings. The molecule has 2 aliphatic heterocycles. The molecule has 1 aromatic heterocycles. The van der Waals surface area contributed by atoms with Crippen LogP contribution in [0.4, 0.5) is 0 Å². The van der Waals surface area contributed by atoms with Gasteiger partial charge in [-0.3, -0.25) is 9.48 Å². The molecule has 0 saturated carbocycles. The van der Waals surface area contributed by atoms with E-state index in [9.17, 15) is 13.2 Å². The maximum atomic E-state index is 13.1. The summed E-state index contributed by atoms with van der Waals surface area (Å²) in [7, 11) is -3.05. The predicted molar refractivity (Wildman–Crippen MR) is 114 cm³/mol. The van der Waals surface area contributed by atoms with Gasteiger partial charge in [-0.05, 0) is 56.4 Å². The summed E-state index contributed by atoms with van der Waals surface area (Å²) >= 11 is 0. The SMILES string of the molecule is Cc1ccc(-c2cc(C(=O)N3CCCCCC3)nn2[C@H]2CCS(=O)(=O)C2)cc1C. The van der Waals surface area contributed by atoms with Crippen molar-refractivity contribution in [1.29, 1.82) is 0 Å². The van der Waals surface area contributed by atoms with E-state index in [1.165, 1.54) is 5.56 Å². The number of hydrogen-bond acceptors (Lipinski definition) is 4. The molecule has 0 aliphatic carbocycles.